The largest absolute Gasteiger partial charge is 0.390 e. The van der Waals surface area contributed by atoms with Crippen molar-refractivity contribution in [3.8, 4) is 0 Å². The van der Waals surface area contributed by atoms with Crippen LogP contribution in [0.1, 0.15) is 66.2 Å². The molecule has 1 heterocycles. The van der Waals surface area contributed by atoms with Crippen LogP contribution in [0.25, 0.3) is 0 Å². The van der Waals surface area contributed by atoms with Crippen molar-refractivity contribution in [2.75, 3.05) is 0 Å². The van der Waals surface area contributed by atoms with E-state index in [1.54, 1.807) is 0 Å². The van der Waals surface area contributed by atoms with Gasteiger partial charge < -0.3 is 9.84 Å². The molecule has 1 aliphatic heterocycles. The monoisotopic (exact) mass is 382 g/mol. The van der Waals surface area contributed by atoms with E-state index >= 15 is 0 Å². The molecule has 2 nitrogen and oxygen atoms in total. The molecule has 0 amide bonds. The van der Waals surface area contributed by atoms with Crippen molar-refractivity contribution in [1.29, 1.82) is 0 Å². The molecule has 4 aliphatic rings. The summed E-state index contributed by atoms with van der Waals surface area (Å²) in [5, 5.41) is 11.2. The van der Waals surface area contributed by atoms with Gasteiger partial charge in [-0.15, -0.1) is 0 Å². The van der Waals surface area contributed by atoms with E-state index in [-0.39, 0.29) is 22.3 Å². The highest BCUT2D eigenvalue weighted by atomic mass is 79.9. The number of halogens is 1. The lowest BCUT2D eigenvalue weighted by Gasteiger charge is -2.63. The Hall–Kier alpha value is 0.140. The molecule has 3 saturated carbocycles. The zero-order chi connectivity index (χ0) is 16.8. The van der Waals surface area contributed by atoms with Crippen LogP contribution in [0.5, 0.6) is 0 Å². The molecule has 0 aromatic heterocycles. The van der Waals surface area contributed by atoms with Gasteiger partial charge in [-0.2, -0.15) is 0 Å². The molecule has 1 N–H and O–H groups in total. The molecule has 7 atom stereocenters. The maximum atomic E-state index is 11.2. The van der Waals surface area contributed by atoms with Crippen LogP contribution in [-0.2, 0) is 4.74 Å². The topological polar surface area (TPSA) is 29.5 Å². The summed E-state index contributed by atoms with van der Waals surface area (Å²) in [6, 6.07) is 0. The third-order valence-electron chi connectivity index (χ3n) is 8.49. The third kappa shape index (κ3) is 1.83. The molecule has 4 rings (SSSR count). The second-order valence-electron chi connectivity index (χ2n) is 9.78. The standard InChI is InChI=1S/C20H31BrO2/c1-12-6-7-15-17(2,3)20(12)10-13-18(4,11-16(20)23-15)14(21)8-9-19(13,5)22/h13-16,22H,1,6-11H2,2-5H3/t13-,14-,15-,16+,18-,19+,20?/m1/s1. The van der Waals surface area contributed by atoms with Crippen molar-refractivity contribution < 1.29 is 9.84 Å². The summed E-state index contributed by atoms with van der Waals surface area (Å²) >= 11 is 3.96. The SMILES string of the molecule is C=C1CC[C@H]2O[C@H]3C[C@@]4(C)[C@H](Br)CC[C@](C)(O)[C@@H]4CC13C2(C)C. The maximum absolute atomic E-state index is 11.2. The Bertz CT molecular complexity index is 554. The van der Waals surface area contributed by atoms with E-state index < -0.39 is 5.60 Å². The van der Waals surface area contributed by atoms with Crippen LogP contribution in [0.3, 0.4) is 0 Å². The highest BCUT2D eigenvalue weighted by Gasteiger charge is 2.71. The lowest BCUT2D eigenvalue weighted by molar-refractivity contribution is -0.160. The lowest BCUT2D eigenvalue weighted by Crippen LogP contribution is -2.63. The van der Waals surface area contributed by atoms with Crippen molar-refractivity contribution in [3.63, 3.8) is 0 Å². The number of ether oxygens (including phenoxy) is 1. The zero-order valence-corrected chi connectivity index (χ0v) is 16.6. The van der Waals surface area contributed by atoms with Gasteiger partial charge in [-0.25, -0.2) is 0 Å². The van der Waals surface area contributed by atoms with E-state index in [0.29, 0.717) is 16.8 Å². The average molecular weight is 383 g/mol. The molecule has 23 heavy (non-hydrogen) atoms. The van der Waals surface area contributed by atoms with E-state index in [1.807, 2.05) is 0 Å². The number of aliphatic hydroxyl groups is 1. The van der Waals surface area contributed by atoms with E-state index in [1.165, 1.54) is 5.57 Å². The molecular formula is C20H31BrO2. The molecule has 1 spiro atoms. The minimum absolute atomic E-state index is 0.0497. The maximum Gasteiger partial charge on any atom is 0.0684 e. The summed E-state index contributed by atoms with van der Waals surface area (Å²) in [5.41, 5.74) is 1.09. The highest BCUT2D eigenvalue weighted by Crippen LogP contribution is 2.72. The molecule has 3 heteroatoms. The minimum atomic E-state index is -0.579. The van der Waals surface area contributed by atoms with Crippen molar-refractivity contribution in [2.45, 2.75) is 88.9 Å². The Balaban J connectivity index is 1.84. The molecule has 2 bridgehead atoms. The number of hydrogen-bond acceptors (Lipinski definition) is 2. The van der Waals surface area contributed by atoms with Crippen LogP contribution in [-0.4, -0.2) is 27.7 Å². The van der Waals surface area contributed by atoms with Gasteiger partial charge in [0.05, 0.1) is 17.8 Å². The smallest absolute Gasteiger partial charge is 0.0684 e. The van der Waals surface area contributed by atoms with Crippen LogP contribution in [0.2, 0.25) is 0 Å². The highest BCUT2D eigenvalue weighted by molar-refractivity contribution is 9.09. The Labute approximate surface area is 149 Å². The van der Waals surface area contributed by atoms with Crippen molar-refractivity contribution in [3.05, 3.63) is 12.2 Å². The van der Waals surface area contributed by atoms with Gasteiger partial charge in [-0.3, -0.25) is 0 Å². The van der Waals surface area contributed by atoms with Crippen LogP contribution in [0.4, 0.5) is 0 Å². The zero-order valence-electron chi connectivity index (χ0n) is 15.0. The fourth-order valence-electron chi connectivity index (χ4n) is 6.88. The van der Waals surface area contributed by atoms with Gasteiger partial charge in [0.25, 0.3) is 0 Å². The summed E-state index contributed by atoms with van der Waals surface area (Å²) in [4.78, 5) is 0.470. The van der Waals surface area contributed by atoms with Gasteiger partial charge in [-0.05, 0) is 56.8 Å². The van der Waals surface area contributed by atoms with Crippen molar-refractivity contribution in [1.82, 2.24) is 0 Å². The molecule has 0 radical (unpaired) electrons. The van der Waals surface area contributed by atoms with Gasteiger partial charge in [0, 0.05) is 15.7 Å². The van der Waals surface area contributed by atoms with Crippen molar-refractivity contribution >= 4 is 15.9 Å². The fourth-order valence-corrected chi connectivity index (χ4v) is 7.62. The van der Waals surface area contributed by atoms with Gasteiger partial charge in [0.15, 0.2) is 0 Å². The molecular weight excluding hydrogens is 352 g/mol. The number of rotatable bonds is 0. The van der Waals surface area contributed by atoms with E-state index in [4.69, 9.17) is 4.74 Å². The second-order valence-corrected chi connectivity index (χ2v) is 10.9. The molecule has 3 aliphatic carbocycles. The van der Waals surface area contributed by atoms with Crippen molar-refractivity contribution in [2.24, 2.45) is 22.2 Å². The number of hydrogen-bond donors (Lipinski definition) is 1. The van der Waals surface area contributed by atoms with Crippen LogP contribution >= 0.6 is 15.9 Å². The Morgan fingerprint density at radius 1 is 1.13 bits per heavy atom. The van der Waals surface area contributed by atoms with E-state index in [0.717, 1.165) is 38.5 Å². The Kier molecular flexibility index (Phi) is 3.35. The molecule has 0 aromatic rings. The molecule has 0 aromatic carbocycles. The average Bonchev–Trinajstić information content (AvgIpc) is 2.57. The second kappa shape index (κ2) is 4.65. The Morgan fingerprint density at radius 2 is 1.83 bits per heavy atom. The Morgan fingerprint density at radius 3 is 2.52 bits per heavy atom. The lowest BCUT2D eigenvalue weighted by atomic mass is 9.42. The summed E-state index contributed by atoms with van der Waals surface area (Å²) in [5.74, 6) is 0.306. The predicted octanol–water partition coefficient (Wildman–Crippen LogP) is 4.84. The van der Waals surface area contributed by atoms with Crippen LogP contribution in [0, 0.1) is 22.2 Å². The van der Waals surface area contributed by atoms with E-state index in [9.17, 15) is 5.11 Å². The number of fused-ring (bicyclic) bond motifs is 2. The first kappa shape index (κ1) is 16.6. The summed E-state index contributed by atoms with van der Waals surface area (Å²) < 4.78 is 6.63. The molecule has 130 valence electrons. The fraction of sp³-hybridized carbons (Fsp3) is 0.900. The first-order valence-corrected chi connectivity index (χ1v) is 10.2. The van der Waals surface area contributed by atoms with Crippen LogP contribution < -0.4 is 0 Å². The minimum Gasteiger partial charge on any atom is -0.390 e. The first-order valence-electron chi connectivity index (χ1n) is 9.26. The number of alkyl halides is 1. The third-order valence-corrected chi connectivity index (χ3v) is 9.99. The summed E-state index contributed by atoms with van der Waals surface area (Å²) in [7, 11) is 0. The molecule has 4 fully saturated rings. The normalized spacial score (nSPS) is 57.7. The first-order chi connectivity index (χ1) is 10.6. The van der Waals surface area contributed by atoms with Gasteiger partial charge in [-0.1, -0.05) is 48.9 Å². The predicted molar refractivity (Wildman–Crippen MR) is 96.7 cm³/mol. The summed E-state index contributed by atoms with van der Waals surface area (Å²) in [6.45, 7) is 13.7. The molecule has 1 unspecified atom stereocenters. The quantitative estimate of drug-likeness (QED) is 0.479. The van der Waals surface area contributed by atoms with Gasteiger partial charge in [0.1, 0.15) is 0 Å². The van der Waals surface area contributed by atoms with Gasteiger partial charge in [0.2, 0.25) is 0 Å². The summed E-state index contributed by atoms with van der Waals surface area (Å²) in [6.07, 6.45) is 6.84. The molecule has 1 saturated heterocycles. The van der Waals surface area contributed by atoms with E-state index in [2.05, 4.69) is 50.2 Å². The van der Waals surface area contributed by atoms with Crippen LogP contribution in [0.15, 0.2) is 12.2 Å². The van der Waals surface area contributed by atoms with Gasteiger partial charge >= 0.3 is 0 Å².